The number of carbonyl (C=O) groups is 1. The Morgan fingerprint density at radius 3 is 2.84 bits per heavy atom. The number of aromatic amines is 1. The van der Waals surface area contributed by atoms with Crippen LogP contribution in [0.5, 0.6) is 0 Å². The van der Waals surface area contributed by atoms with Gasteiger partial charge in [-0.15, -0.1) is 0 Å². The molecule has 0 aliphatic rings. The molecular formula is C10H16N4O4S. The third-order valence-corrected chi connectivity index (χ3v) is 3.37. The summed E-state index contributed by atoms with van der Waals surface area (Å²) in [6.45, 7) is 2.03. The molecule has 0 saturated carbocycles. The van der Waals surface area contributed by atoms with E-state index < -0.39 is 17.2 Å². The standard InChI is InChI=1S/C10H16N4O4S/c1-4-18-9(17)6(11-2)5-19-10-12-7(15)8(16)13-14(10)3/h6,11H,4-5H2,1-3H3,(H,13,16). The van der Waals surface area contributed by atoms with Crippen molar-refractivity contribution < 1.29 is 9.53 Å². The maximum Gasteiger partial charge on any atom is 0.339 e. The summed E-state index contributed by atoms with van der Waals surface area (Å²) in [6, 6.07) is -0.506. The van der Waals surface area contributed by atoms with E-state index in [2.05, 4.69) is 15.4 Å². The predicted octanol–water partition coefficient (Wildman–Crippen LogP) is -1.29. The first kappa shape index (κ1) is 15.4. The van der Waals surface area contributed by atoms with Gasteiger partial charge in [0.05, 0.1) is 6.61 Å². The van der Waals surface area contributed by atoms with Crippen LogP contribution in [0.15, 0.2) is 14.7 Å². The van der Waals surface area contributed by atoms with Gasteiger partial charge >= 0.3 is 17.1 Å². The maximum atomic E-state index is 11.6. The average molecular weight is 288 g/mol. The molecule has 1 aromatic rings. The normalized spacial score (nSPS) is 12.2. The summed E-state index contributed by atoms with van der Waals surface area (Å²) in [4.78, 5) is 37.4. The second-order valence-corrected chi connectivity index (χ2v) is 4.59. The molecule has 0 bridgehead atoms. The Hall–Kier alpha value is -1.61. The van der Waals surface area contributed by atoms with Crippen LogP contribution in [0.1, 0.15) is 6.92 Å². The fourth-order valence-electron chi connectivity index (χ4n) is 1.26. The summed E-state index contributed by atoms with van der Waals surface area (Å²) in [5.41, 5.74) is -1.62. The van der Waals surface area contributed by atoms with Crippen LogP contribution in [-0.4, -0.2) is 46.2 Å². The van der Waals surface area contributed by atoms with Crippen molar-refractivity contribution in [1.82, 2.24) is 20.1 Å². The number of nitrogens with zero attached hydrogens (tertiary/aromatic N) is 2. The van der Waals surface area contributed by atoms with Gasteiger partial charge < -0.3 is 10.1 Å². The number of H-pyrrole nitrogens is 1. The summed E-state index contributed by atoms with van der Waals surface area (Å²) in [5, 5.41) is 5.48. The number of esters is 1. The lowest BCUT2D eigenvalue weighted by molar-refractivity contribution is -0.144. The topological polar surface area (TPSA) is 106 Å². The molecule has 0 aliphatic carbocycles. The predicted molar refractivity (Wildman–Crippen MR) is 70.3 cm³/mol. The van der Waals surface area contributed by atoms with Gasteiger partial charge in [0.1, 0.15) is 6.04 Å². The van der Waals surface area contributed by atoms with E-state index >= 15 is 0 Å². The Labute approximate surface area is 113 Å². The minimum Gasteiger partial charge on any atom is -0.465 e. The third-order valence-electron chi connectivity index (χ3n) is 2.25. The number of carbonyl (C=O) groups excluding carboxylic acids is 1. The molecule has 0 amide bonds. The molecule has 0 aromatic carbocycles. The van der Waals surface area contributed by atoms with Gasteiger partial charge in [0.2, 0.25) is 0 Å². The zero-order chi connectivity index (χ0) is 14.4. The number of likely N-dealkylation sites (N-methyl/N-ethyl adjacent to an activating group) is 1. The molecule has 0 radical (unpaired) electrons. The van der Waals surface area contributed by atoms with Crippen molar-refractivity contribution in [2.24, 2.45) is 7.05 Å². The Balaban J connectivity index is 2.75. The average Bonchev–Trinajstić information content (AvgIpc) is 2.36. The Morgan fingerprint density at radius 1 is 1.58 bits per heavy atom. The van der Waals surface area contributed by atoms with Crippen molar-refractivity contribution in [2.75, 3.05) is 19.4 Å². The van der Waals surface area contributed by atoms with E-state index in [1.165, 1.54) is 16.4 Å². The van der Waals surface area contributed by atoms with Crippen LogP contribution in [0, 0.1) is 0 Å². The molecular weight excluding hydrogens is 272 g/mol. The maximum absolute atomic E-state index is 11.6. The second kappa shape index (κ2) is 7.10. The van der Waals surface area contributed by atoms with E-state index in [1.807, 2.05) is 0 Å². The molecule has 0 saturated heterocycles. The molecule has 1 rings (SSSR count). The minimum atomic E-state index is -0.849. The van der Waals surface area contributed by atoms with Crippen LogP contribution in [0.25, 0.3) is 0 Å². The molecule has 8 nitrogen and oxygen atoms in total. The summed E-state index contributed by atoms with van der Waals surface area (Å²) in [5.74, 6) is -0.0336. The highest BCUT2D eigenvalue weighted by Gasteiger charge is 2.18. The number of thioether (sulfide) groups is 1. The quantitative estimate of drug-likeness (QED) is 0.381. The summed E-state index contributed by atoms with van der Waals surface area (Å²) in [7, 11) is 3.20. The van der Waals surface area contributed by atoms with Gasteiger partial charge in [-0.3, -0.25) is 24.2 Å². The Bertz CT molecular complexity index is 553. The van der Waals surface area contributed by atoms with Gasteiger partial charge in [-0.05, 0) is 14.0 Å². The second-order valence-electron chi connectivity index (χ2n) is 3.60. The van der Waals surface area contributed by atoms with Crippen LogP contribution in [0.4, 0.5) is 0 Å². The highest BCUT2D eigenvalue weighted by atomic mass is 32.2. The third kappa shape index (κ3) is 4.21. The van der Waals surface area contributed by atoms with Gasteiger partial charge in [-0.1, -0.05) is 11.8 Å². The van der Waals surface area contributed by atoms with Crippen LogP contribution in [0.2, 0.25) is 0 Å². The lowest BCUT2D eigenvalue weighted by atomic mass is 10.3. The molecule has 2 N–H and O–H groups in total. The molecule has 1 atom stereocenters. The molecule has 0 spiro atoms. The van der Waals surface area contributed by atoms with Crippen molar-refractivity contribution in [2.45, 2.75) is 18.1 Å². The lowest BCUT2D eigenvalue weighted by Crippen LogP contribution is -2.38. The molecule has 0 fully saturated rings. The molecule has 1 unspecified atom stereocenters. The van der Waals surface area contributed by atoms with Gasteiger partial charge in [-0.25, -0.2) is 0 Å². The zero-order valence-electron chi connectivity index (χ0n) is 10.9. The van der Waals surface area contributed by atoms with Gasteiger partial charge in [-0.2, -0.15) is 4.98 Å². The number of rotatable bonds is 6. The zero-order valence-corrected chi connectivity index (χ0v) is 11.7. The fourth-order valence-corrected chi connectivity index (χ4v) is 2.26. The molecule has 1 heterocycles. The minimum absolute atomic E-state index is 0.303. The summed E-state index contributed by atoms with van der Waals surface area (Å²) < 4.78 is 6.23. The van der Waals surface area contributed by atoms with Crippen LogP contribution < -0.4 is 16.4 Å². The molecule has 1 aromatic heterocycles. The number of aromatic nitrogens is 3. The highest BCUT2D eigenvalue weighted by Crippen LogP contribution is 2.13. The van der Waals surface area contributed by atoms with E-state index in [4.69, 9.17) is 4.74 Å². The Kier molecular flexibility index (Phi) is 5.77. The first-order valence-electron chi connectivity index (χ1n) is 5.63. The van der Waals surface area contributed by atoms with E-state index in [0.29, 0.717) is 17.5 Å². The van der Waals surface area contributed by atoms with Crippen molar-refractivity contribution in [3.8, 4) is 0 Å². The number of aryl methyl sites for hydroxylation is 1. The van der Waals surface area contributed by atoms with Gasteiger partial charge in [0, 0.05) is 12.8 Å². The van der Waals surface area contributed by atoms with E-state index in [-0.39, 0.29) is 5.97 Å². The van der Waals surface area contributed by atoms with E-state index in [1.54, 1.807) is 21.0 Å². The van der Waals surface area contributed by atoms with Crippen molar-refractivity contribution in [1.29, 1.82) is 0 Å². The fraction of sp³-hybridized carbons (Fsp3) is 0.600. The van der Waals surface area contributed by atoms with Gasteiger partial charge in [0.25, 0.3) is 0 Å². The van der Waals surface area contributed by atoms with Crippen molar-refractivity contribution >= 4 is 17.7 Å². The van der Waals surface area contributed by atoms with E-state index in [0.717, 1.165) is 0 Å². The summed E-state index contributed by atoms with van der Waals surface area (Å²) in [6.07, 6.45) is 0. The lowest BCUT2D eigenvalue weighted by Gasteiger charge is -2.14. The first-order valence-corrected chi connectivity index (χ1v) is 6.62. The number of nitrogens with one attached hydrogen (secondary N) is 2. The Morgan fingerprint density at radius 2 is 2.26 bits per heavy atom. The molecule has 9 heteroatoms. The van der Waals surface area contributed by atoms with Crippen molar-refractivity contribution in [3.05, 3.63) is 20.7 Å². The number of hydrogen-bond donors (Lipinski definition) is 2. The first-order chi connectivity index (χ1) is 8.99. The van der Waals surface area contributed by atoms with Crippen LogP contribution in [0.3, 0.4) is 0 Å². The monoisotopic (exact) mass is 288 g/mol. The number of ether oxygens (including phenoxy) is 1. The van der Waals surface area contributed by atoms with E-state index in [9.17, 15) is 14.4 Å². The molecule has 19 heavy (non-hydrogen) atoms. The van der Waals surface area contributed by atoms with Gasteiger partial charge in [0.15, 0.2) is 5.16 Å². The van der Waals surface area contributed by atoms with Crippen LogP contribution in [-0.2, 0) is 16.6 Å². The smallest absolute Gasteiger partial charge is 0.339 e. The summed E-state index contributed by atoms with van der Waals surface area (Å²) >= 11 is 1.18. The highest BCUT2D eigenvalue weighted by molar-refractivity contribution is 7.99. The molecule has 0 aliphatic heterocycles. The van der Waals surface area contributed by atoms with Crippen LogP contribution >= 0.6 is 11.8 Å². The molecule has 106 valence electrons. The SMILES string of the molecule is CCOC(=O)C(CSc1nc(=O)c(=O)[nH]n1C)NC. The number of hydrogen-bond acceptors (Lipinski definition) is 7. The van der Waals surface area contributed by atoms with Crippen molar-refractivity contribution in [3.63, 3.8) is 0 Å². The largest absolute Gasteiger partial charge is 0.465 e.